The lowest BCUT2D eigenvalue weighted by molar-refractivity contribution is -0.130. The molecule has 0 rings (SSSR count). The third kappa shape index (κ3) is 7.07. The SMILES string of the molecule is CCC(CC)(CCO)C(C)(C)CC(C)(C)CC(C)(C)CC(C)(C)C(=O)NC. The van der Waals surface area contributed by atoms with Crippen molar-refractivity contribution >= 4 is 5.91 Å². The maximum atomic E-state index is 12.3. The van der Waals surface area contributed by atoms with Crippen molar-refractivity contribution in [2.75, 3.05) is 13.7 Å². The monoisotopic (exact) mass is 383 g/mol. The van der Waals surface area contributed by atoms with Crippen molar-refractivity contribution < 1.29 is 9.90 Å². The Kier molecular flexibility index (Phi) is 9.09. The molecule has 162 valence electrons. The van der Waals surface area contributed by atoms with Gasteiger partial charge in [0.05, 0.1) is 0 Å². The highest BCUT2D eigenvalue weighted by molar-refractivity contribution is 5.81. The van der Waals surface area contributed by atoms with Crippen LogP contribution in [0.2, 0.25) is 0 Å². The summed E-state index contributed by atoms with van der Waals surface area (Å²) in [5.74, 6) is 0.118. The second kappa shape index (κ2) is 9.29. The Hall–Kier alpha value is -0.570. The number of aliphatic hydroxyl groups is 1. The Morgan fingerprint density at radius 3 is 1.63 bits per heavy atom. The van der Waals surface area contributed by atoms with Gasteiger partial charge in [-0.3, -0.25) is 4.79 Å². The minimum atomic E-state index is -0.364. The first-order valence-electron chi connectivity index (χ1n) is 10.9. The van der Waals surface area contributed by atoms with Crippen LogP contribution in [0.15, 0.2) is 0 Å². The van der Waals surface area contributed by atoms with Crippen molar-refractivity contribution in [2.24, 2.45) is 27.1 Å². The lowest BCUT2D eigenvalue weighted by atomic mass is 9.54. The molecule has 0 aromatic heterocycles. The van der Waals surface area contributed by atoms with Crippen LogP contribution in [0.4, 0.5) is 0 Å². The molecule has 0 saturated heterocycles. The fourth-order valence-electron chi connectivity index (χ4n) is 6.53. The minimum absolute atomic E-state index is 0.0770. The average Bonchev–Trinajstić information content (AvgIpc) is 2.47. The van der Waals surface area contributed by atoms with E-state index in [1.165, 1.54) is 0 Å². The first kappa shape index (κ1) is 26.4. The molecule has 0 heterocycles. The van der Waals surface area contributed by atoms with E-state index in [2.05, 4.69) is 60.7 Å². The van der Waals surface area contributed by atoms with Crippen LogP contribution in [0, 0.1) is 27.1 Å². The van der Waals surface area contributed by atoms with Gasteiger partial charge in [0.25, 0.3) is 0 Å². The molecule has 0 aromatic carbocycles. The first-order chi connectivity index (χ1) is 12.0. The smallest absolute Gasteiger partial charge is 0.225 e. The Balaban J connectivity index is 5.43. The number of carbonyl (C=O) groups is 1. The lowest BCUT2D eigenvalue weighted by Gasteiger charge is -2.51. The van der Waals surface area contributed by atoms with Gasteiger partial charge in [0, 0.05) is 19.1 Å². The van der Waals surface area contributed by atoms with Crippen LogP contribution in [0.25, 0.3) is 0 Å². The summed E-state index contributed by atoms with van der Waals surface area (Å²) in [7, 11) is 1.72. The number of carbonyl (C=O) groups excluding carboxylic acids is 1. The maximum absolute atomic E-state index is 12.3. The van der Waals surface area contributed by atoms with E-state index >= 15 is 0 Å². The van der Waals surface area contributed by atoms with Crippen molar-refractivity contribution in [2.45, 2.75) is 108 Å². The number of aliphatic hydroxyl groups excluding tert-OH is 1. The number of amides is 1. The van der Waals surface area contributed by atoms with Gasteiger partial charge in [-0.25, -0.2) is 0 Å². The van der Waals surface area contributed by atoms with Gasteiger partial charge in [0.1, 0.15) is 0 Å². The zero-order chi connectivity index (χ0) is 21.7. The van der Waals surface area contributed by atoms with E-state index in [0.717, 1.165) is 38.5 Å². The van der Waals surface area contributed by atoms with Gasteiger partial charge in [0.2, 0.25) is 5.91 Å². The fourth-order valence-corrected chi connectivity index (χ4v) is 6.53. The Morgan fingerprint density at radius 1 is 0.815 bits per heavy atom. The van der Waals surface area contributed by atoms with Crippen LogP contribution in [0.3, 0.4) is 0 Å². The largest absolute Gasteiger partial charge is 0.396 e. The molecule has 0 aliphatic carbocycles. The molecule has 0 unspecified atom stereocenters. The second-order valence-corrected chi connectivity index (χ2v) is 11.7. The number of hydrogen-bond donors (Lipinski definition) is 2. The second-order valence-electron chi connectivity index (χ2n) is 11.7. The zero-order valence-electron chi connectivity index (χ0n) is 20.3. The van der Waals surface area contributed by atoms with E-state index in [9.17, 15) is 9.90 Å². The Morgan fingerprint density at radius 2 is 1.26 bits per heavy atom. The molecule has 0 aliphatic rings. The van der Waals surface area contributed by atoms with Gasteiger partial charge in [-0.15, -0.1) is 0 Å². The average molecular weight is 384 g/mol. The zero-order valence-corrected chi connectivity index (χ0v) is 20.3. The molecule has 0 radical (unpaired) electrons. The Labute approximate surface area is 170 Å². The molecular weight excluding hydrogens is 334 g/mol. The number of nitrogens with one attached hydrogen (secondary N) is 1. The van der Waals surface area contributed by atoms with Crippen LogP contribution in [-0.2, 0) is 4.79 Å². The van der Waals surface area contributed by atoms with Gasteiger partial charge in [0.15, 0.2) is 0 Å². The Bertz CT molecular complexity index is 471. The van der Waals surface area contributed by atoms with Crippen molar-refractivity contribution in [3.8, 4) is 0 Å². The van der Waals surface area contributed by atoms with Crippen molar-refractivity contribution in [3.63, 3.8) is 0 Å². The molecule has 27 heavy (non-hydrogen) atoms. The van der Waals surface area contributed by atoms with Crippen LogP contribution in [0.1, 0.15) is 108 Å². The highest BCUT2D eigenvalue weighted by Crippen LogP contribution is 2.55. The standard InChI is InChI=1S/C24H49NO2/c1-12-24(13-2,14-15-26)23(9,10)18-21(5,6)16-20(3,4)17-22(7,8)19(27)25-11/h26H,12-18H2,1-11H3,(H,25,27). The molecule has 0 spiro atoms. The molecule has 3 heteroatoms. The third-order valence-corrected chi connectivity index (χ3v) is 7.02. The summed E-state index contributed by atoms with van der Waals surface area (Å²) in [5, 5.41) is 12.5. The van der Waals surface area contributed by atoms with E-state index in [4.69, 9.17) is 0 Å². The van der Waals surface area contributed by atoms with Crippen molar-refractivity contribution in [1.82, 2.24) is 5.32 Å². The molecule has 1 amide bonds. The minimum Gasteiger partial charge on any atom is -0.396 e. The maximum Gasteiger partial charge on any atom is 0.225 e. The molecule has 2 N–H and O–H groups in total. The normalized spacial score (nSPS) is 14.4. The number of hydrogen-bond acceptors (Lipinski definition) is 2. The summed E-state index contributed by atoms with van der Waals surface area (Å²) in [4.78, 5) is 12.3. The molecule has 0 aliphatic heterocycles. The molecular formula is C24H49NO2. The van der Waals surface area contributed by atoms with Gasteiger partial charge in [-0.2, -0.15) is 0 Å². The van der Waals surface area contributed by atoms with Crippen LogP contribution < -0.4 is 5.32 Å². The van der Waals surface area contributed by atoms with E-state index in [-0.39, 0.29) is 39.6 Å². The first-order valence-corrected chi connectivity index (χ1v) is 10.9. The van der Waals surface area contributed by atoms with Crippen LogP contribution in [-0.4, -0.2) is 24.7 Å². The summed E-state index contributed by atoms with van der Waals surface area (Å²) in [6.45, 7) is 23.0. The molecule has 3 nitrogen and oxygen atoms in total. The van der Waals surface area contributed by atoms with E-state index in [0.29, 0.717) is 0 Å². The molecule has 0 fully saturated rings. The lowest BCUT2D eigenvalue weighted by Crippen LogP contribution is -2.43. The van der Waals surface area contributed by atoms with Gasteiger partial charge in [-0.05, 0) is 60.2 Å². The van der Waals surface area contributed by atoms with Gasteiger partial charge >= 0.3 is 0 Å². The quantitative estimate of drug-likeness (QED) is 0.422. The van der Waals surface area contributed by atoms with Gasteiger partial charge in [-0.1, -0.05) is 69.2 Å². The number of rotatable bonds is 12. The summed E-state index contributed by atoms with van der Waals surface area (Å²) < 4.78 is 0. The van der Waals surface area contributed by atoms with E-state index in [1.807, 2.05) is 13.8 Å². The van der Waals surface area contributed by atoms with Crippen LogP contribution in [0.5, 0.6) is 0 Å². The summed E-state index contributed by atoms with van der Waals surface area (Å²) in [5.41, 5.74) is 0.196. The predicted molar refractivity (Wildman–Crippen MR) is 118 cm³/mol. The molecule has 0 bridgehead atoms. The van der Waals surface area contributed by atoms with E-state index < -0.39 is 0 Å². The summed E-state index contributed by atoms with van der Waals surface area (Å²) >= 11 is 0. The van der Waals surface area contributed by atoms with E-state index in [1.54, 1.807) is 7.05 Å². The van der Waals surface area contributed by atoms with Gasteiger partial charge < -0.3 is 10.4 Å². The highest BCUT2D eigenvalue weighted by Gasteiger charge is 2.46. The third-order valence-electron chi connectivity index (χ3n) is 7.02. The fraction of sp³-hybridized carbons (Fsp3) is 0.958. The molecule has 0 atom stereocenters. The topological polar surface area (TPSA) is 49.3 Å². The molecule has 0 saturated carbocycles. The predicted octanol–water partition coefficient (Wildman–Crippen LogP) is 6.20. The highest BCUT2D eigenvalue weighted by atomic mass is 16.3. The molecule has 0 aromatic rings. The summed E-state index contributed by atoms with van der Waals surface area (Å²) in [6, 6.07) is 0. The van der Waals surface area contributed by atoms with Crippen molar-refractivity contribution in [1.29, 1.82) is 0 Å². The summed E-state index contributed by atoms with van der Waals surface area (Å²) in [6.07, 6.45) is 6.13. The van der Waals surface area contributed by atoms with Crippen LogP contribution >= 0.6 is 0 Å². The van der Waals surface area contributed by atoms with Crippen molar-refractivity contribution in [3.05, 3.63) is 0 Å².